The normalized spacial score (nSPS) is 17.3. The monoisotopic (exact) mass is 235 g/mol. The second-order valence-corrected chi connectivity index (χ2v) is 5.40. The van der Waals surface area contributed by atoms with Crippen LogP contribution in [0.3, 0.4) is 0 Å². The number of aromatic nitrogens is 2. The fourth-order valence-corrected chi connectivity index (χ4v) is 2.60. The van der Waals surface area contributed by atoms with Gasteiger partial charge in [0, 0.05) is 25.8 Å². The second kappa shape index (κ2) is 5.67. The van der Waals surface area contributed by atoms with Crippen LogP contribution in [0.4, 0.5) is 0 Å². The zero-order valence-corrected chi connectivity index (χ0v) is 11.2. The van der Waals surface area contributed by atoms with Gasteiger partial charge in [-0.1, -0.05) is 20.3 Å². The molecule has 0 aromatic carbocycles. The van der Waals surface area contributed by atoms with Crippen molar-refractivity contribution in [2.45, 2.75) is 59.0 Å². The van der Waals surface area contributed by atoms with Gasteiger partial charge in [-0.2, -0.15) is 5.10 Å². The molecule has 0 unspecified atom stereocenters. The Labute approximate surface area is 105 Å². The summed E-state index contributed by atoms with van der Waals surface area (Å²) in [7, 11) is 0. The molecule has 0 aliphatic heterocycles. The first-order valence-corrected chi connectivity index (χ1v) is 7.01. The average molecular weight is 235 g/mol. The summed E-state index contributed by atoms with van der Waals surface area (Å²) >= 11 is 0. The number of aryl methyl sites for hydroxylation is 1. The van der Waals surface area contributed by atoms with E-state index in [2.05, 4.69) is 35.0 Å². The Morgan fingerprint density at radius 3 is 2.82 bits per heavy atom. The largest absolute Gasteiger partial charge is 0.311 e. The van der Waals surface area contributed by atoms with Crippen molar-refractivity contribution in [3.8, 4) is 0 Å². The standard InChI is InChI=1S/C14H25N3/c1-3-6-14(7-8-14)12-15-11-13-5-9-16-17(13)10-4-2/h5,9,15H,3-4,6-8,10-12H2,1-2H3. The zero-order chi connectivity index (χ0) is 12.1. The molecule has 0 amide bonds. The molecule has 0 spiro atoms. The van der Waals surface area contributed by atoms with Crippen LogP contribution >= 0.6 is 0 Å². The maximum Gasteiger partial charge on any atom is 0.0522 e. The summed E-state index contributed by atoms with van der Waals surface area (Å²) in [5.74, 6) is 0. The van der Waals surface area contributed by atoms with Gasteiger partial charge in [-0.05, 0) is 37.2 Å². The van der Waals surface area contributed by atoms with E-state index in [1.54, 1.807) is 0 Å². The smallest absolute Gasteiger partial charge is 0.0522 e. The van der Waals surface area contributed by atoms with Crippen LogP contribution in [0.2, 0.25) is 0 Å². The number of nitrogens with one attached hydrogen (secondary N) is 1. The topological polar surface area (TPSA) is 29.9 Å². The first-order chi connectivity index (χ1) is 8.29. The summed E-state index contributed by atoms with van der Waals surface area (Å²) in [6.45, 7) is 7.66. The molecule has 0 radical (unpaired) electrons. The Morgan fingerprint density at radius 1 is 1.35 bits per heavy atom. The lowest BCUT2D eigenvalue weighted by molar-refractivity contribution is 0.414. The van der Waals surface area contributed by atoms with Crippen molar-refractivity contribution in [3.63, 3.8) is 0 Å². The van der Waals surface area contributed by atoms with Gasteiger partial charge in [0.2, 0.25) is 0 Å². The molecule has 1 fully saturated rings. The van der Waals surface area contributed by atoms with Crippen molar-refractivity contribution in [2.24, 2.45) is 5.41 Å². The van der Waals surface area contributed by atoms with Crippen LogP contribution in [-0.2, 0) is 13.1 Å². The van der Waals surface area contributed by atoms with E-state index >= 15 is 0 Å². The van der Waals surface area contributed by atoms with Crippen molar-refractivity contribution in [2.75, 3.05) is 6.54 Å². The van der Waals surface area contributed by atoms with Crippen LogP contribution in [-0.4, -0.2) is 16.3 Å². The average Bonchev–Trinajstić information content (AvgIpc) is 2.93. The quantitative estimate of drug-likeness (QED) is 0.750. The third kappa shape index (κ3) is 3.32. The van der Waals surface area contributed by atoms with Crippen LogP contribution in [0.1, 0.15) is 51.6 Å². The van der Waals surface area contributed by atoms with E-state index in [9.17, 15) is 0 Å². The molecule has 2 rings (SSSR count). The van der Waals surface area contributed by atoms with Gasteiger partial charge < -0.3 is 5.32 Å². The maximum absolute atomic E-state index is 4.35. The van der Waals surface area contributed by atoms with Crippen LogP contribution in [0.5, 0.6) is 0 Å². The van der Waals surface area contributed by atoms with Gasteiger partial charge in [0.1, 0.15) is 0 Å². The molecule has 1 heterocycles. The molecule has 1 N–H and O–H groups in total. The van der Waals surface area contributed by atoms with Crippen molar-refractivity contribution in [3.05, 3.63) is 18.0 Å². The van der Waals surface area contributed by atoms with E-state index in [0.29, 0.717) is 5.41 Å². The zero-order valence-electron chi connectivity index (χ0n) is 11.2. The van der Waals surface area contributed by atoms with E-state index in [4.69, 9.17) is 0 Å². The van der Waals surface area contributed by atoms with Crippen molar-refractivity contribution >= 4 is 0 Å². The predicted molar refractivity (Wildman–Crippen MR) is 70.8 cm³/mol. The minimum atomic E-state index is 0.643. The summed E-state index contributed by atoms with van der Waals surface area (Å²) < 4.78 is 2.12. The molecule has 1 aromatic heterocycles. The molecule has 0 atom stereocenters. The fourth-order valence-electron chi connectivity index (χ4n) is 2.60. The summed E-state index contributed by atoms with van der Waals surface area (Å²) in [6, 6.07) is 2.13. The van der Waals surface area contributed by atoms with E-state index in [0.717, 1.165) is 19.5 Å². The molecule has 1 aromatic rings. The molecule has 0 saturated heterocycles. The highest BCUT2D eigenvalue weighted by atomic mass is 15.3. The molecule has 1 aliphatic carbocycles. The molecule has 3 nitrogen and oxygen atoms in total. The Kier molecular flexibility index (Phi) is 4.21. The first-order valence-electron chi connectivity index (χ1n) is 7.01. The molecule has 17 heavy (non-hydrogen) atoms. The van der Waals surface area contributed by atoms with Gasteiger partial charge in [-0.15, -0.1) is 0 Å². The molecule has 0 bridgehead atoms. The Hall–Kier alpha value is -0.830. The van der Waals surface area contributed by atoms with E-state index in [1.807, 2.05) is 6.20 Å². The Balaban J connectivity index is 1.76. The van der Waals surface area contributed by atoms with Crippen molar-refractivity contribution < 1.29 is 0 Å². The maximum atomic E-state index is 4.35. The summed E-state index contributed by atoms with van der Waals surface area (Å²) in [4.78, 5) is 0. The molecular weight excluding hydrogens is 210 g/mol. The van der Waals surface area contributed by atoms with Crippen LogP contribution in [0, 0.1) is 5.41 Å². The lowest BCUT2D eigenvalue weighted by atomic mass is 10.0. The Bertz CT molecular complexity index is 339. The fraction of sp³-hybridized carbons (Fsp3) is 0.786. The van der Waals surface area contributed by atoms with Crippen LogP contribution < -0.4 is 5.32 Å². The van der Waals surface area contributed by atoms with Crippen LogP contribution in [0.25, 0.3) is 0 Å². The van der Waals surface area contributed by atoms with Gasteiger partial charge >= 0.3 is 0 Å². The van der Waals surface area contributed by atoms with Crippen LogP contribution in [0.15, 0.2) is 12.3 Å². The number of rotatable bonds is 8. The molecule has 96 valence electrons. The minimum Gasteiger partial charge on any atom is -0.311 e. The first kappa shape index (κ1) is 12.6. The highest BCUT2D eigenvalue weighted by Gasteiger charge is 2.40. The number of nitrogens with zero attached hydrogens (tertiary/aromatic N) is 2. The SMILES string of the molecule is CCCn1nccc1CNCC1(CCC)CC1. The van der Waals surface area contributed by atoms with Gasteiger partial charge in [0.15, 0.2) is 0 Å². The van der Waals surface area contributed by atoms with Crippen molar-refractivity contribution in [1.82, 2.24) is 15.1 Å². The number of hydrogen-bond acceptors (Lipinski definition) is 2. The van der Waals surface area contributed by atoms with Gasteiger partial charge in [0.25, 0.3) is 0 Å². The lowest BCUT2D eigenvalue weighted by Gasteiger charge is -2.15. The minimum absolute atomic E-state index is 0.643. The third-order valence-electron chi connectivity index (χ3n) is 3.78. The van der Waals surface area contributed by atoms with Crippen molar-refractivity contribution in [1.29, 1.82) is 0 Å². The molecular formula is C14H25N3. The molecule has 1 aliphatic rings. The predicted octanol–water partition coefficient (Wildman–Crippen LogP) is 2.96. The molecule has 3 heteroatoms. The lowest BCUT2D eigenvalue weighted by Crippen LogP contribution is -2.24. The van der Waals surface area contributed by atoms with E-state index in [-0.39, 0.29) is 0 Å². The van der Waals surface area contributed by atoms with E-state index in [1.165, 1.54) is 37.9 Å². The highest BCUT2D eigenvalue weighted by molar-refractivity contribution is 5.01. The second-order valence-electron chi connectivity index (χ2n) is 5.40. The van der Waals surface area contributed by atoms with Gasteiger partial charge in [0.05, 0.1) is 5.69 Å². The Morgan fingerprint density at radius 2 is 2.18 bits per heavy atom. The summed E-state index contributed by atoms with van der Waals surface area (Å²) in [5.41, 5.74) is 1.96. The highest BCUT2D eigenvalue weighted by Crippen LogP contribution is 2.48. The van der Waals surface area contributed by atoms with Gasteiger partial charge in [-0.25, -0.2) is 0 Å². The van der Waals surface area contributed by atoms with E-state index < -0.39 is 0 Å². The summed E-state index contributed by atoms with van der Waals surface area (Å²) in [5, 5.41) is 7.96. The number of hydrogen-bond donors (Lipinski definition) is 1. The van der Waals surface area contributed by atoms with Gasteiger partial charge in [-0.3, -0.25) is 4.68 Å². The third-order valence-corrected chi connectivity index (χ3v) is 3.78. The molecule has 1 saturated carbocycles. The summed E-state index contributed by atoms with van der Waals surface area (Å²) in [6.07, 6.45) is 8.59.